The summed E-state index contributed by atoms with van der Waals surface area (Å²) in [4.78, 5) is 15.0. The lowest BCUT2D eigenvalue weighted by molar-refractivity contribution is -0.128. The number of nitrogens with zero attached hydrogens (tertiary/aromatic N) is 1. The van der Waals surface area contributed by atoms with Gasteiger partial charge in [0.05, 0.1) is 4.91 Å². The molecule has 1 amide bonds. The summed E-state index contributed by atoms with van der Waals surface area (Å²) in [5.74, 6) is 1.91. The van der Waals surface area contributed by atoms with Crippen LogP contribution in [0.1, 0.15) is 50.7 Å². The molecule has 2 aliphatic carbocycles. The third-order valence-electron chi connectivity index (χ3n) is 7.09. The number of thioether (sulfide) groups is 1. The molecule has 5 rings (SSSR count). The monoisotopic (exact) mass is 507 g/mol. The minimum absolute atomic E-state index is 0.177. The molecular formula is C24H26ClNO5S2. The summed E-state index contributed by atoms with van der Waals surface area (Å²) < 4.78 is 38.9. The fourth-order valence-electron chi connectivity index (χ4n) is 5.51. The molecule has 33 heavy (non-hydrogen) atoms. The Bertz CT molecular complexity index is 1170. The number of hydrogen-bond acceptors (Lipinski definition) is 5. The standard InChI is InChI=1S/C24H26ClNO5S2/c25-18-8-5-16(6-9-18)21-12-11-20(31-21)14-22-23(27)26(24(32-22)33(28,29)30)19-10-7-15-3-1-2-4-17(15)13-19/h5-6,8-9,11-12,14-15,17,19,24H,1-4,7,10,13H2,(H,28,29,30)/b22-14-. The second-order valence-corrected chi connectivity index (χ2v) is 12.5. The SMILES string of the molecule is O=C1/C(=C/c2ccc(-c3ccc(Cl)cc3)o2)SC(S(=O)(=O)O)N1C1CCC2CCCCC2C1. The summed E-state index contributed by atoms with van der Waals surface area (Å²) in [6.07, 6.45) is 8.95. The molecule has 6 nitrogen and oxygen atoms in total. The molecule has 2 heterocycles. The lowest BCUT2D eigenvalue weighted by atomic mass is 9.69. The van der Waals surface area contributed by atoms with Gasteiger partial charge in [0.1, 0.15) is 11.5 Å². The molecule has 2 saturated carbocycles. The molecule has 0 radical (unpaired) electrons. The fourth-order valence-corrected chi connectivity index (χ4v) is 7.97. The van der Waals surface area contributed by atoms with E-state index in [1.54, 1.807) is 30.3 Å². The summed E-state index contributed by atoms with van der Waals surface area (Å²) in [5, 5.41) is 0.624. The Morgan fingerprint density at radius 2 is 1.76 bits per heavy atom. The van der Waals surface area contributed by atoms with Crippen LogP contribution < -0.4 is 0 Å². The highest BCUT2D eigenvalue weighted by Gasteiger charge is 2.48. The van der Waals surface area contributed by atoms with Gasteiger partial charge in [-0.05, 0) is 67.5 Å². The molecule has 2 aromatic rings. The number of fused-ring (bicyclic) bond motifs is 1. The van der Waals surface area contributed by atoms with Crippen LogP contribution in [-0.2, 0) is 14.9 Å². The van der Waals surface area contributed by atoms with Gasteiger partial charge in [0, 0.05) is 22.7 Å². The van der Waals surface area contributed by atoms with Crippen molar-refractivity contribution in [2.75, 3.05) is 0 Å². The smallest absolute Gasteiger partial charge is 0.296 e. The van der Waals surface area contributed by atoms with Gasteiger partial charge in [-0.25, -0.2) is 0 Å². The van der Waals surface area contributed by atoms with Crippen LogP contribution in [-0.4, -0.2) is 34.5 Å². The second kappa shape index (κ2) is 9.13. The third-order valence-corrected chi connectivity index (χ3v) is 10.1. The van der Waals surface area contributed by atoms with Crippen LogP contribution in [0.3, 0.4) is 0 Å². The highest BCUT2D eigenvalue weighted by atomic mass is 35.5. The number of furan rings is 1. The Hall–Kier alpha value is -1.74. The third kappa shape index (κ3) is 4.76. The first-order valence-electron chi connectivity index (χ1n) is 11.3. The van der Waals surface area contributed by atoms with E-state index in [-0.39, 0.29) is 16.9 Å². The van der Waals surface area contributed by atoms with Gasteiger partial charge in [-0.1, -0.05) is 49.0 Å². The molecule has 1 aromatic heterocycles. The van der Waals surface area contributed by atoms with Crippen LogP contribution in [0.5, 0.6) is 0 Å². The van der Waals surface area contributed by atoms with Crippen molar-refractivity contribution >= 4 is 45.5 Å². The molecule has 9 heteroatoms. The van der Waals surface area contributed by atoms with Crippen LogP contribution >= 0.6 is 23.4 Å². The Morgan fingerprint density at radius 1 is 1.03 bits per heavy atom. The van der Waals surface area contributed by atoms with Crippen LogP contribution in [0.25, 0.3) is 17.4 Å². The van der Waals surface area contributed by atoms with Crippen molar-refractivity contribution in [1.29, 1.82) is 0 Å². The second-order valence-electron chi connectivity index (χ2n) is 9.14. The lowest BCUT2D eigenvalue weighted by Gasteiger charge is -2.43. The largest absolute Gasteiger partial charge is 0.457 e. The molecule has 4 unspecified atom stereocenters. The lowest BCUT2D eigenvalue weighted by Crippen LogP contribution is -2.48. The number of rotatable bonds is 4. The fraction of sp³-hybridized carbons (Fsp3) is 0.458. The molecule has 1 saturated heterocycles. The van der Waals surface area contributed by atoms with Gasteiger partial charge < -0.3 is 9.32 Å². The number of hydrogen-bond donors (Lipinski definition) is 1. The molecule has 176 valence electrons. The first-order chi connectivity index (χ1) is 15.8. The molecule has 3 fully saturated rings. The minimum Gasteiger partial charge on any atom is -0.457 e. The van der Waals surface area contributed by atoms with Gasteiger partial charge in [-0.3, -0.25) is 9.35 Å². The minimum atomic E-state index is -4.45. The molecular weight excluding hydrogens is 482 g/mol. The maximum absolute atomic E-state index is 13.3. The van der Waals surface area contributed by atoms with Crippen molar-refractivity contribution in [1.82, 2.24) is 4.90 Å². The molecule has 1 aromatic carbocycles. The maximum atomic E-state index is 13.3. The van der Waals surface area contributed by atoms with Crippen molar-refractivity contribution in [3.63, 3.8) is 0 Å². The molecule has 3 aliphatic rings. The Kier molecular flexibility index (Phi) is 6.37. The van der Waals surface area contributed by atoms with E-state index < -0.39 is 14.8 Å². The van der Waals surface area contributed by atoms with E-state index in [9.17, 15) is 17.8 Å². The molecule has 4 atom stereocenters. The van der Waals surface area contributed by atoms with E-state index in [4.69, 9.17) is 16.0 Å². The predicted molar refractivity (Wildman–Crippen MR) is 130 cm³/mol. The average molecular weight is 508 g/mol. The molecule has 0 spiro atoms. The van der Waals surface area contributed by atoms with Crippen LogP contribution in [0.15, 0.2) is 45.7 Å². The highest BCUT2D eigenvalue weighted by Crippen LogP contribution is 2.47. The first-order valence-corrected chi connectivity index (χ1v) is 14.1. The topological polar surface area (TPSA) is 87.8 Å². The van der Waals surface area contributed by atoms with E-state index in [2.05, 4.69) is 0 Å². The van der Waals surface area contributed by atoms with Crippen molar-refractivity contribution in [3.8, 4) is 11.3 Å². The molecule has 1 N–H and O–H groups in total. The van der Waals surface area contributed by atoms with Crippen molar-refractivity contribution in [2.45, 2.75) is 55.7 Å². The van der Waals surface area contributed by atoms with E-state index in [0.29, 0.717) is 28.4 Å². The number of carbonyl (C=O) groups excluding carboxylic acids is 1. The van der Waals surface area contributed by atoms with Gasteiger partial charge in [0.2, 0.25) is 4.71 Å². The number of halogens is 1. The van der Waals surface area contributed by atoms with E-state index in [1.165, 1.54) is 24.2 Å². The first kappa shape index (κ1) is 23.0. The number of benzene rings is 1. The van der Waals surface area contributed by atoms with E-state index in [0.717, 1.165) is 43.0 Å². The highest BCUT2D eigenvalue weighted by molar-refractivity contribution is 8.15. The Balaban J connectivity index is 1.40. The van der Waals surface area contributed by atoms with E-state index >= 15 is 0 Å². The number of carbonyl (C=O) groups is 1. The zero-order chi connectivity index (χ0) is 23.2. The van der Waals surface area contributed by atoms with Gasteiger partial charge in [-0.15, -0.1) is 0 Å². The van der Waals surface area contributed by atoms with E-state index in [1.807, 2.05) is 12.1 Å². The Labute approximate surface area is 203 Å². The van der Waals surface area contributed by atoms with Crippen molar-refractivity contribution in [2.24, 2.45) is 11.8 Å². The van der Waals surface area contributed by atoms with Crippen LogP contribution in [0.2, 0.25) is 5.02 Å². The van der Waals surface area contributed by atoms with Gasteiger partial charge in [0.15, 0.2) is 0 Å². The normalized spacial score (nSPS) is 29.5. The van der Waals surface area contributed by atoms with Gasteiger partial charge in [0.25, 0.3) is 16.0 Å². The van der Waals surface area contributed by atoms with Crippen LogP contribution in [0, 0.1) is 11.8 Å². The van der Waals surface area contributed by atoms with Gasteiger partial charge in [-0.2, -0.15) is 8.42 Å². The summed E-state index contributed by atoms with van der Waals surface area (Å²) in [6.45, 7) is 0. The van der Waals surface area contributed by atoms with Crippen LogP contribution in [0.4, 0.5) is 0 Å². The number of amides is 1. The zero-order valence-electron chi connectivity index (χ0n) is 18.0. The predicted octanol–water partition coefficient (Wildman–Crippen LogP) is 6.05. The molecule has 0 bridgehead atoms. The summed E-state index contributed by atoms with van der Waals surface area (Å²) in [6, 6.07) is 10.6. The summed E-state index contributed by atoms with van der Waals surface area (Å²) >= 11 is 6.83. The summed E-state index contributed by atoms with van der Waals surface area (Å²) in [7, 11) is -4.45. The average Bonchev–Trinajstić information content (AvgIpc) is 3.39. The summed E-state index contributed by atoms with van der Waals surface area (Å²) in [5.41, 5.74) is 0.844. The van der Waals surface area contributed by atoms with Gasteiger partial charge >= 0.3 is 0 Å². The van der Waals surface area contributed by atoms with Crippen molar-refractivity contribution in [3.05, 3.63) is 52.1 Å². The Morgan fingerprint density at radius 3 is 2.48 bits per heavy atom. The quantitative estimate of drug-likeness (QED) is 0.400. The van der Waals surface area contributed by atoms with Crippen molar-refractivity contribution < 1.29 is 22.2 Å². The maximum Gasteiger partial charge on any atom is 0.296 e. The zero-order valence-corrected chi connectivity index (χ0v) is 20.4. The molecule has 1 aliphatic heterocycles.